The fourth-order valence-corrected chi connectivity index (χ4v) is 3.48. The number of ketones is 1. The predicted molar refractivity (Wildman–Crippen MR) is 80.7 cm³/mol. The van der Waals surface area contributed by atoms with Crippen LogP contribution in [0.1, 0.15) is 37.6 Å². The van der Waals surface area contributed by atoms with Crippen molar-refractivity contribution in [1.82, 2.24) is 0 Å². The molecule has 0 saturated carbocycles. The van der Waals surface area contributed by atoms with Crippen LogP contribution in [0, 0.1) is 6.92 Å². The molecule has 2 aromatic rings. The first-order valence-corrected chi connectivity index (χ1v) is 7.70. The molecule has 0 radical (unpaired) electrons. The summed E-state index contributed by atoms with van der Waals surface area (Å²) in [5, 5.41) is 0. The van der Waals surface area contributed by atoms with Crippen LogP contribution in [0.2, 0.25) is 0 Å². The molecule has 0 bridgehead atoms. The van der Waals surface area contributed by atoms with Crippen LogP contribution in [0.25, 0.3) is 6.08 Å². The van der Waals surface area contributed by atoms with E-state index in [2.05, 4.69) is 26.0 Å². The minimum absolute atomic E-state index is 0.105. The Hall–Kier alpha value is -1.19. The van der Waals surface area contributed by atoms with E-state index in [1.165, 1.54) is 9.75 Å². The maximum atomic E-state index is 12.0. The minimum Gasteiger partial charge on any atom is -0.288 e. The van der Waals surface area contributed by atoms with Crippen molar-refractivity contribution in [3.63, 3.8) is 0 Å². The molecule has 2 heterocycles. The molecule has 0 spiro atoms. The van der Waals surface area contributed by atoms with Crippen molar-refractivity contribution in [2.45, 2.75) is 26.7 Å². The second kappa shape index (κ2) is 6.12. The van der Waals surface area contributed by atoms with Gasteiger partial charge in [-0.15, -0.1) is 22.7 Å². The van der Waals surface area contributed by atoms with Gasteiger partial charge in [0.1, 0.15) is 0 Å². The molecule has 1 nitrogen and oxygen atoms in total. The number of rotatable bonds is 5. The summed E-state index contributed by atoms with van der Waals surface area (Å²) in [7, 11) is 0. The second-order valence-corrected chi connectivity index (χ2v) is 6.65. The maximum absolute atomic E-state index is 12.0. The lowest BCUT2D eigenvalue weighted by molar-refractivity contribution is 0.105. The monoisotopic (exact) mass is 276 g/mol. The molecule has 18 heavy (non-hydrogen) atoms. The van der Waals surface area contributed by atoms with E-state index in [-0.39, 0.29) is 5.78 Å². The first kappa shape index (κ1) is 13.2. The van der Waals surface area contributed by atoms with Crippen LogP contribution < -0.4 is 0 Å². The van der Waals surface area contributed by atoms with E-state index in [4.69, 9.17) is 0 Å². The molecule has 0 fully saturated rings. The van der Waals surface area contributed by atoms with Crippen LogP contribution in [0.3, 0.4) is 0 Å². The first-order chi connectivity index (χ1) is 8.69. The van der Waals surface area contributed by atoms with Crippen LogP contribution >= 0.6 is 22.7 Å². The van der Waals surface area contributed by atoms with Crippen molar-refractivity contribution < 1.29 is 4.79 Å². The third-order valence-corrected chi connectivity index (χ3v) is 4.69. The van der Waals surface area contributed by atoms with Gasteiger partial charge in [0.15, 0.2) is 5.78 Å². The van der Waals surface area contributed by atoms with Gasteiger partial charge in [-0.1, -0.05) is 13.3 Å². The highest BCUT2D eigenvalue weighted by atomic mass is 32.1. The topological polar surface area (TPSA) is 17.1 Å². The Kier molecular flexibility index (Phi) is 4.50. The van der Waals surface area contributed by atoms with Gasteiger partial charge in [0.05, 0.1) is 4.88 Å². The summed E-state index contributed by atoms with van der Waals surface area (Å²) in [5.74, 6) is 0.105. The molecule has 0 aliphatic rings. The lowest BCUT2D eigenvalue weighted by Gasteiger charge is -1.90. The predicted octanol–water partition coefficient (Wildman–Crippen LogP) is 4.97. The molecule has 0 aliphatic heterocycles. The fourth-order valence-electron chi connectivity index (χ4n) is 1.67. The average molecular weight is 276 g/mol. The van der Waals surface area contributed by atoms with Gasteiger partial charge in [-0.2, -0.15) is 0 Å². The SMILES string of the molecule is CCCc1ccc(C(=O)/C=C/c2ccc(C)s2)s1. The van der Waals surface area contributed by atoms with Crippen molar-refractivity contribution >= 4 is 34.5 Å². The molecule has 0 unspecified atom stereocenters. The van der Waals surface area contributed by atoms with Crippen molar-refractivity contribution in [1.29, 1.82) is 0 Å². The Morgan fingerprint density at radius 2 is 2.06 bits per heavy atom. The number of thiophene rings is 2. The summed E-state index contributed by atoms with van der Waals surface area (Å²) < 4.78 is 0. The van der Waals surface area contributed by atoms with Crippen LogP contribution in [0.4, 0.5) is 0 Å². The van der Waals surface area contributed by atoms with Gasteiger partial charge < -0.3 is 0 Å². The molecule has 0 aliphatic carbocycles. The van der Waals surface area contributed by atoms with Crippen LogP contribution in [-0.2, 0) is 6.42 Å². The zero-order chi connectivity index (χ0) is 13.0. The molecule has 0 N–H and O–H groups in total. The Labute approximate surface area is 116 Å². The van der Waals surface area contributed by atoms with Gasteiger partial charge in [0.2, 0.25) is 0 Å². The van der Waals surface area contributed by atoms with Gasteiger partial charge >= 0.3 is 0 Å². The normalized spacial score (nSPS) is 11.2. The minimum atomic E-state index is 0.105. The largest absolute Gasteiger partial charge is 0.288 e. The number of carbonyl (C=O) groups excluding carboxylic acids is 1. The van der Waals surface area contributed by atoms with Crippen molar-refractivity contribution in [2.75, 3.05) is 0 Å². The zero-order valence-electron chi connectivity index (χ0n) is 10.6. The highest BCUT2D eigenvalue weighted by Gasteiger charge is 2.05. The number of hydrogen-bond donors (Lipinski definition) is 0. The van der Waals surface area contributed by atoms with Crippen molar-refractivity contribution in [3.8, 4) is 0 Å². The molecule has 2 rings (SSSR count). The highest BCUT2D eigenvalue weighted by Crippen LogP contribution is 2.20. The summed E-state index contributed by atoms with van der Waals surface area (Å²) >= 11 is 3.31. The van der Waals surface area contributed by atoms with Crippen LogP contribution in [0.5, 0.6) is 0 Å². The van der Waals surface area contributed by atoms with E-state index >= 15 is 0 Å². The summed E-state index contributed by atoms with van der Waals surface area (Å²) in [4.78, 5) is 16.5. The van der Waals surface area contributed by atoms with Gasteiger partial charge in [-0.25, -0.2) is 0 Å². The Morgan fingerprint density at radius 1 is 1.22 bits per heavy atom. The molecule has 0 atom stereocenters. The van der Waals surface area contributed by atoms with E-state index in [1.54, 1.807) is 28.7 Å². The van der Waals surface area contributed by atoms with E-state index < -0.39 is 0 Å². The van der Waals surface area contributed by atoms with Crippen molar-refractivity contribution in [3.05, 3.63) is 49.9 Å². The van der Waals surface area contributed by atoms with Gasteiger partial charge in [-0.05, 0) is 49.8 Å². The molecule has 3 heteroatoms. The van der Waals surface area contributed by atoms with Gasteiger partial charge in [0, 0.05) is 14.6 Å². The molecule has 0 aromatic carbocycles. The lowest BCUT2D eigenvalue weighted by Crippen LogP contribution is -1.88. The Morgan fingerprint density at radius 3 is 2.72 bits per heavy atom. The zero-order valence-corrected chi connectivity index (χ0v) is 12.2. The molecular weight excluding hydrogens is 260 g/mol. The Bertz CT molecular complexity index is 561. The number of allylic oxidation sites excluding steroid dienone is 1. The van der Waals surface area contributed by atoms with Gasteiger partial charge in [0.25, 0.3) is 0 Å². The van der Waals surface area contributed by atoms with E-state index in [0.29, 0.717) is 0 Å². The van der Waals surface area contributed by atoms with E-state index in [0.717, 1.165) is 22.6 Å². The number of hydrogen-bond acceptors (Lipinski definition) is 3. The summed E-state index contributed by atoms with van der Waals surface area (Å²) in [5.41, 5.74) is 0. The molecule has 2 aromatic heterocycles. The third kappa shape index (κ3) is 3.40. The average Bonchev–Trinajstić information content (AvgIpc) is 2.96. The second-order valence-electron chi connectivity index (χ2n) is 4.16. The third-order valence-electron chi connectivity index (χ3n) is 2.56. The lowest BCUT2D eigenvalue weighted by atomic mass is 10.2. The summed E-state index contributed by atoms with van der Waals surface area (Å²) in [6, 6.07) is 8.10. The summed E-state index contributed by atoms with van der Waals surface area (Å²) in [6.07, 6.45) is 5.76. The smallest absolute Gasteiger partial charge is 0.195 e. The number of carbonyl (C=O) groups is 1. The quantitative estimate of drug-likeness (QED) is 0.557. The molecule has 94 valence electrons. The van der Waals surface area contributed by atoms with Crippen molar-refractivity contribution in [2.24, 2.45) is 0 Å². The first-order valence-electron chi connectivity index (χ1n) is 6.06. The fraction of sp³-hybridized carbons (Fsp3) is 0.267. The van der Waals surface area contributed by atoms with Crippen LogP contribution in [0.15, 0.2) is 30.3 Å². The van der Waals surface area contributed by atoms with E-state index in [9.17, 15) is 4.79 Å². The molecule has 0 saturated heterocycles. The van der Waals surface area contributed by atoms with Gasteiger partial charge in [-0.3, -0.25) is 4.79 Å². The van der Waals surface area contributed by atoms with Crippen LogP contribution in [-0.4, -0.2) is 5.78 Å². The standard InChI is InChI=1S/C15H16OS2/c1-3-4-12-8-10-15(18-12)14(16)9-7-13-6-5-11(2)17-13/h5-10H,3-4H2,1-2H3/b9-7+. The number of aryl methyl sites for hydroxylation is 2. The molecule has 0 amide bonds. The maximum Gasteiger partial charge on any atom is 0.195 e. The Balaban J connectivity index is 2.04. The van der Waals surface area contributed by atoms with E-state index in [1.807, 2.05) is 18.2 Å². The summed E-state index contributed by atoms with van der Waals surface area (Å²) in [6.45, 7) is 4.22. The highest BCUT2D eigenvalue weighted by molar-refractivity contribution is 7.14. The molecular formula is C15H16OS2.